The van der Waals surface area contributed by atoms with Gasteiger partial charge in [-0.05, 0) is 70.7 Å². The number of aromatic nitrogens is 5. The van der Waals surface area contributed by atoms with Crippen molar-refractivity contribution in [2.24, 2.45) is 0 Å². The second kappa shape index (κ2) is 15.8. The predicted molar refractivity (Wildman–Crippen MR) is 176 cm³/mol. The zero-order valence-electron chi connectivity index (χ0n) is 26.3. The highest BCUT2D eigenvalue weighted by molar-refractivity contribution is 6.76. The van der Waals surface area contributed by atoms with Crippen LogP contribution in [0.1, 0.15) is 68.0 Å². The largest absolute Gasteiger partial charge is 0.360 e. The van der Waals surface area contributed by atoms with E-state index in [1.54, 1.807) is 29.2 Å². The summed E-state index contributed by atoms with van der Waals surface area (Å²) >= 11 is 11.8. The molecule has 43 heavy (non-hydrogen) atoms. The third-order valence-corrected chi connectivity index (χ3v) is 9.13. The minimum atomic E-state index is -1.17. The Hall–Kier alpha value is -2.73. The lowest BCUT2D eigenvalue weighted by Gasteiger charge is -2.19. The van der Waals surface area contributed by atoms with Gasteiger partial charge in [-0.25, -0.2) is 4.68 Å². The number of carbonyl (C=O) groups excluding carboxylic acids is 2. The Morgan fingerprint density at radius 3 is 2.47 bits per heavy atom. The van der Waals surface area contributed by atoms with Gasteiger partial charge in [0.25, 0.3) is 5.91 Å². The van der Waals surface area contributed by atoms with E-state index in [-0.39, 0.29) is 17.9 Å². The van der Waals surface area contributed by atoms with Gasteiger partial charge in [0.2, 0.25) is 5.91 Å². The van der Waals surface area contributed by atoms with Crippen molar-refractivity contribution in [3.8, 4) is 11.3 Å². The normalized spacial score (nSPS) is 12.6. The standard InChI is InChI=1S/C30H45Cl2N7O3Si/c1-8-25-28(21(4)37-38(25)19-42-16-17-43(5,6)7)23-13-12-22(18-33-23)35-29(40)24(10-9-11-27(31)32)36-30(41)26-14-15-34-39(26)20(2)3/h12-15,18,20,24,27H,8-11,16-17,19H2,1-7H3,(H,35,40)(H,36,41)/t24-/m0/s1. The Balaban J connectivity index is 1.72. The van der Waals surface area contributed by atoms with Crippen molar-refractivity contribution >= 4 is 48.8 Å². The molecule has 0 unspecified atom stereocenters. The second-order valence-electron chi connectivity index (χ2n) is 12.1. The van der Waals surface area contributed by atoms with E-state index in [0.29, 0.717) is 37.4 Å². The average molecular weight is 651 g/mol. The minimum Gasteiger partial charge on any atom is -0.360 e. The van der Waals surface area contributed by atoms with E-state index >= 15 is 0 Å². The maximum absolute atomic E-state index is 13.3. The van der Waals surface area contributed by atoms with Gasteiger partial charge in [0, 0.05) is 32.5 Å². The molecule has 0 bridgehead atoms. The zero-order valence-corrected chi connectivity index (χ0v) is 28.8. The number of rotatable bonds is 16. The topological polar surface area (TPSA) is 116 Å². The van der Waals surface area contributed by atoms with E-state index in [2.05, 4.69) is 47.3 Å². The van der Waals surface area contributed by atoms with E-state index in [1.165, 1.54) is 0 Å². The summed E-state index contributed by atoms with van der Waals surface area (Å²) in [5.41, 5.74) is 4.56. The molecule has 0 saturated heterocycles. The van der Waals surface area contributed by atoms with Gasteiger partial charge in [-0.2, -0.15) is 10.2 Å². The summed E-state index contributed by atoms with van der Waals surface area (Å²) in [5, 5.41) is 14.7. The molecule has 0 aliphatic rings. The molecular formula is C30H45Cl2N7O3Si. The van der Waals surface area contributed by atoms with Crippen LogP contribution in [0.5, 0.6) is 0 Å². The molecule has 0 aromatic carbocycles. The highest BCUT2D eigenvalue weighted by Crippen LogP contribution is 2.27. The summed E-state index contributed by atoms with van der Waals surface area (Å²) in [6.45, 7) is 16.1. The van der Waals surface area contributed by atoms with Crippen LogP contribution in [0, 0.1) is 6.92 Å². The number of nitrogens with one attached hydrogen (secondary N) is 2. The van der Waals surface area contributed by atoms with Crippen molar-refractivity contribution in [3.63, 3.8) is 0 Å². The third-order valence-electron chi connectivity index (χ3n) is 6.99. The molecule has 13 heteroatoms. The maximum atomic E-state index is 13.3. The summed E-state index contributed by atoms with van der Waals surface area (Å²) in [7, 11) is -1.17. The third kappa shape index (κ3) is 10.2. The first-order valence-corrected chi connectivity index (χ1v) is 19.4. The van der Waals surface area contributed by atoms with E-state index in [4.69, 9.17) is 33.0 Å². The van der Waals surface area contributed by atoms with Gasteiger partial charge in [-0.3, -0.25) is 19.3 Å². The molecule has 0 saturated carbocycles. The Labute approximate surface area is 265 Å². The summed E-state index contributed by atoms with van der Waals surface area (Å²) < 4.78 is 9.49. The number of pyridine rings is 1. The molecular weight excluding hydrogens is 605 g/mol. The molecule has 3 aromatic rings. The van der Waals surface area contributed by atoms with Gasteiger partial charge < -0.3 is 15.4 Å². The lowest BCUT2D eigenvalue weighted by Crippen LogP contribution is -2.44. The lowest BCUT2D eigenvalue weighted by molar-refractivity contribution is -0.118. The fraction of sp³-hybridized carbons (Fsp3) is 0.567. The summed E-state index contributed by atoms with van der Waals surface area (Å²) in [6, 6.07) is 5.60. The second-order valence-corrected chi connectivity index (χ2v) is 19.0. The summed E-state index contributed by atoms with van der Waals surface area (Å²) in [5.74, 6) is -0.731. The molecule has 3 aromatic heterocycles. The van der Waals surface area contributed by atoms with Crippen LogP contribution < -0.4 is 10.6 Å². The van der Waals surface area contributed by atoms with Gasteiger partial charge in [-0.15, -0.1) is 23.2 Å². The molecule has 0 aliphatic heterocycles. The SMILES string of the molecule is CCc1c(-c2ccc(NC(=O)[C@H](CCCC(Cl)Cl)NC(=O)c3ccnn3C(C)C)cn2)c(C)nn1COCC[Si](C)(C)C. The minimum absolute atomic E-state index is 0.00710. The monoisotopic (exact) mass is 649 g/mol. The Morgan fingerprint density at radius 2 is 1.86 bits per heavy atom. The first kappa shape index (κ1) is 34.8. The molecule has 10 nitrogen and oxygen atoms in total. The number of hydrogen-bond acceptors (Lipinski definition) is 6. The van der Waals surface area contributed by atoms with E-state index < -0.39 is 19.0 Å². The van der Waals surface area contributed by atoms with Crippen molar-refractivity contribution in [2.75, 3.05) is 11.9 Å². The van der Waals surface area contributed by atoms with Crippen molar-refractivity contribution in [2.45, 2.75) is 103 Å². The van der Waals surface area contributed by atoms with Gasteiger partial charge in [0.15, 0.2) is 0 Å². The van der Waals surface area contributed by atoms with Gasteiger partial charge >= 0.3 is 0 Å². The number of halogens is 2. The van der Waals surface area contributed by atoms with Crippen LogP contribution in [-0.4, -0.2) is 61.9 Å². The number of carbonyl (C=O) groups is 2. The van der Waals surface area contributed by atoms with Crippen molar-refractivity contribution < 1.29 is 14.3 Å². The number of amides is 2. The smallest absolute Gasteiger partial charge is 0.270 e. The quantitative estimate of drug-likeness (QED) is 0.102. The van der Waals surface area contributed by atoms with Crippen LogP contribution in [0.15, 0.2) is 30.6 Å². The van der Waals surface area contributed by atoms with Crippen molar-refractivity contribution in [3.05, 3.63) is 47.7 Å². The fourth-order valence-corrected chi connectivity index (χ4v) is 5.75. The Morgan fingerprint density at radius 1 is 1.12 bits per heavy atom. The van der Waals surface area contributed by atoms with Gasteiger partial charge in [-0.1, -0.05) is 26.6 Å². The molecule has 236 valence electrons. The van der Waals surface area contributed by atoms with Crippen LogP contribution in [-0.2, 0) is 22.7 Å². The zero-order chi connectivity index (χ0) is 31.7. The van der Waals surface area contributed by atoms with E-state index in [9.17, 15) is 9.59 Å². The van der Waals surface area contributed by atoms with Crippen LogP contribution in [0.2, 0.25) is 25.7 Å². The van der Waals surface area contributed by atoms with Crippen LogP contribution in [0.3, 0.4) is 0 Å². The molecule has 3 heterocycles. The van der Waals surface area contributed by atoms with Crippen molar-refractivity contribution in [1.29, 1.82) is 0 Å². The van der Waals surface area contributed by atoms with Gasteiger partial charge in [0.1, 0.15) is 23.3 Å². The van der Waals surface area contributed by atoms with Crippen LogP contribution in [0.4, 0.5) is 5.69 Å². The number of anilines is 1. The number of alkyl halides is 2. The molecule has 0 spiro atoms. The fourth-order valence-electron chi connectivity index (χ4n) is 4.69. The molecule has 1 atom stereocenters. The number of nitrogens with zero attached hydrogens (tertiary/aromatic N) is 5. The molecule has 0 fully saturated rings. The number of aryl methyl sites for hydroxylation is 1. The first-order valence-electron chi connectivity index (χ1n) is 14.8. The molecule has 3 rings (SSSR count). The highest BCUT2D eigenvalue weighted by atomic mass is 35.5. The van der Waals surface area contributed by atoms with Crippen LogP contribution in [0.25, 0.3) is 11.3 Å². The summed E-state index contributed by atoms with van der Waals surface area (Å²) in [6.07, 6.45) is 5.39. The van der Waals surface area contributed by atoms with E-state index in [1.807, 2.05) is 31.5 Å². The average Bonchev–Trinajstić information content (AvgIpc) is 3.55. The van der Waals surface area contributed by atoms with E-state index in [0.717, 1.165) is 41.7 Å². The summed E-state index contributed by atoms with van der Waals surface area (Å²) in [4.78, 5) is 30.5. The van der Waals surface area contributed by atoms with Crippen molar-refractivity contribution in [1.82, 2.24) is 29.9 Å². The van der Waals surface area contributed by atoms with Crippen LogP contribution >= 0.6 is 23.2 Å². The number of hydrogen-bond donors (Lipinski definition) is 2. The molecule has 0 aliphatic carbocycles. The molecule has 0 radical (unpaired) electrons. The van der Waals surface area contributed by atoms with Gasteiger partial charge in [0.05, 0.1) is 29.0 Å². The first-order chi connectivity index (χ1) is 20.3. The maximum Gasteiger partial charge on any atom is 0.270 e. The Bertz CT molecular complexity index is 1350. The molecule has 2 amide bonds. The lowest BCUT2D eigenvalue weighted by atomic mass is 10.1. The predicted octanol–water partition coefficient (Wildman–Crippen LogP) is 6.62. The number of ether oxygens (including phenoxy) is 1. The Kier molecular flexibility index (Phi) is 12.8. The highest BCUT2D eigenvalue weighted by Gasteiger charge is 2.24. The molecule has 2 N–H and O–H groups in total.